The number of aromatic amines is 1. The number of likely N-dealkylation sites (tertiary alicyclic amines) is 1. The van der Waals surface area contributed by atoms with E-state index in [1.165, 1.54) is 47.8 Å². The molecular formula is C32H30N8O8. The number of fused-ring (bicyclic) bond motifs is 1. The van der Waals surface area contributed by atoms with Crippen LogP contribution in [-0.2, 0) is 31.3 Å². The Labute approximate surface area is 272 Å². The molecule has 1 saturated heterocycles. The van der Waals surface area contributed by atoms with Gasteiger partial charge in [-0.1, -0.05) is 0 Å². The molecule has 2 aliphatic carbocycles. The highest BCUT2D eigenvalue weighted by Gasteiger charge is 2.69. The number of allylic oxidation sites excluding steroid dienone is 2. The van der Waals surface area contributed by atoms with Gasteiger partial charge in [-0.05, 0) is 31.4 Å². The first-order valence-electron chi connectivity index (χ1n) is 14.9. The number of nitrogens with zero attached hydrogens (tertiary/aromatic N) is 5. The van der Waals surface area contributed by atoms with Gasteiger partial charge in [-0.25, -0.2) is 4.79 Å². The molecule has 4 aromatic heterocycles. The Morgan fingerprint density at radius 3 is 2.15 bits per heavy atom. The number of piperidine rings is 1. The van der Waals surface area contributed by atoms with Crippen molar-refractivity contribution in [2.45, 2.75) is 18.8 Å². The van der Waals surface area contributed by atoms with Crippen molar-refractivity contribution in [3.63, 3.8) is 0 Å². The van der Waals surface area contributed by atoms with Gasteiger partial charge in [-0.15, -0.1) is 0 Å². The zero-order chi connectivity index (χ0) is 34.4. The molecule has 3 aliphatic rings. The highest BCUT2D eigenvalue weighted by molar-refractivity contribution is 6.12. The smallest absolute Gasteiger partial charge is 0.340 e. The lowest BCUT2D eigenvalue weighted by atomic mass is 9.82. The normalized spacial score (nSPS) is 18.9. The predicted molar refractivity (Wildman–Crippen MR) is 169 cm³/mol. The molecule has 3 amide bonds. The molecule has 1 saturated carbocycles. The lowest BCUT2D eigenvalue weighted by molar-refractivity contribution is -0.384. The number of hydrogen-bond acceptors (Lipinski definition) is 8. The van der Waals surface area contributed by atoms with Crippen LogP contribution < -0.4 is 10.6 Å². The predicted octanol–water partition coefficient (Wildman–Crippen LogP) is 3.03. The van der Waals surface area contributed by atoms with Crippen LogP contribution in [0.5, 0.6) is 0 Å². The molecule has 0 radical (unpaired) electrons. The van der Waals surface area contributed by atoms with Crippen LogP contribution in [0.25, 0.3) is 0 Å². The molecule has 3 N–H and O–H groups in total. The number of methoxy groups -OCH3 is 1. The van der Waals surface area contributed by atoms with E-state index in [-0.39, 0.29) is 40.4 Å². The van der Waals surface area contributed by atoms with E-state index in [1.807, 2.05) is 0 Å². The maximum absolute atomic E-state index is 14.0. The number of ether oxygens (including phenoxy) is 1. The van der Waals surface area contributed by atoms with Gasteiger partial charge in [0.25, 0.3) is 23.4 Å². The molecule has 5 heterocycles. The second-order valence-corrected chi connectivity index (χ2v) is 12.4. The van der Waals surface area contributed by atoms with Crippen molar-refractivity contribution in [3.8, 4) is 0 Å². The summed E-state index contributed by atoms with van der Waals surface area (Å²) in [4.78, 5) is 81.0. The second kappa shape index (κ2) is 10.4. The molecule has 246 valence electrons. The fourth-order valence-electron chi connectivity index (χ4n) is 7.17. The highest BCUT2D eigenvalue weighted by Crippen LogP contribution is 2.67. The van der Waals surface area contributed by atoms with Gasteiger partial charge in [0.2, 0.25) is 5.78 Å². The van der Waals surface area contributed by atoms with Crippen LogP contribution in [-0.4, -0.2) is 71.6 Å². The van der Waals surface area contributed by atoms with E-state index in [9.17, 15) is 34.1 Å². The minimum absolute atomic E-state index is 0.0290. The summed E-state index contributed by atoms with van der Waals surface area (Å²) in [7, 11) is 6.09. The molecule has 4 aromatic rings. The van der Waals surface area contributed by atoms with Crippen LogP contribution >= 0.6 is 0 Å². The number of hydrogen-bond donors (Lipinski definition) is 3. The summed E-state index contributed by atoms with van der Waals surface area (Å²) >= 11 is 0. The number of carbonyl (C=O) groups excluding carboxylic acids is 5. The molecule has 16 heteroatoms. The molecule has 1 aliphatic heterocycles. The van der Waals surface area contributed by atoms with Crippen molar-refractivity contribution in [1.29, 1.82) is 0 Å². The Kier molecular flexibility index (Phi) is 6.61. The Bertz CT molecular complexity index is 2180. The van der Waals surface area contributed by atoms with Gasteiger partial charge < -0.3 is 39.0 Å². The zero-order valence-electron chi connectivity index (χ0n) is 26.5. The Balaban J connectivity index is 1.08. The summed E-state index contributed by atoms with van der Waals surface area (Å²) < 4.78 is 9.45. The van der Waals surface area contributed by atoms with Gasteiger partial charge in [0.1, 0.15) is 17.1 Å². The molecule has 7 rings (SSSR count). The van der Waals surface area contributed by atoms with E-state index in [2.05, 4.69) is 15.6 Å². The zero-order valence-corrected chi connectivity index (χ0v) is 26.5. The van der Waals surface area contributed by atoms with Crippen molar-refractivity contribution in [2.75, 3.05) is 24.3 Å². The monoisotopic (exact) mass is 654 g/mol. The summed E-state index contributed by atoms with van der Waals surface area (Å²) in [5, 5.41) is 16.5. The highest BCUT2D eigenvalue weighted by atomic mass is 16.6. The van der Waals surface area contributed by atoms with Crippen molar-refractivity contribution < 1.29 is 33.6 Å². The molecule has 1 spiro atoms. The maximum Gasteiger partial charge on any atom is 0.340 e. The third-order valence-electron chi connectivity index (χ3n) is 9.45. The number of aromatic nitrogens is 4. The van der Waals surface area contributed by atoms with Gasteiger partial charge >= 0.3 is 5.97 Å². The van der Waals surface area contributed by atoms with Crippen molar-refractivity contribution >= 4 is 46.5 Å². The summed E-state index contributed by atoms with van der Waals surface area (Å²) in [6.07, 6.45) is 6.52. The average Bonchev–Trinajstić information content (AvgIpc) is 3.53. The van der Waals surface area contributed by atoms with Crippen LogP contribution in [0.15, 0.2) is 48.6 Å². The number of H-pyrrole nitrogens is 1. The topological polar surface area (TPSA) is 196 Å². The summed E-state index contributed by atoms with van der Waals surface area (Å²) in [6, 6.07) is 4.16. The molecular weight excluding hydrogens is 624 g/mol. The fraction of sp³-hybridized carbons (Fsp3) is 0.281. The number of ketones is 1. The molecule has 2 fully saturated rings. The molecule has 48 heavy (non-hydrogen) atoms. The molecule has 16 nitrogen and oxygen atoms in total. The lowest BCUT2D eigenvalue weighted by Gasteiger charge is -2.28. The van der Waals surface area contributed by atoms with Crippen molar-refractivity contribution in [2.24, 2.45) is 27.1 Å². The van der Waals surface area contributed by atoms with E-state index >= 15 is 0 Å². The van der Waals surface area contributed by atoms with Crippen LogP contribution in [0.4, 0.5) is 17.1 Å². The average molecular weight is 655 g/mol. The Hall–Kier alpha value is -6.19. The van der Waals surface area contributed by atoms with E-state index in [0.29, 0.717) is 52.6 Å². The number of carbonyl (C=O) groups is 5. The van der Waals surface area contributed by atoms with Gasteiger partial charge in [-0.2, -0.15) is 0 Å². The van der Waals surface area contributed by atoms with Gasteiger partial charge in [0, 0.05) is 74.6 Å². The van der Waals surface area contributed by atoms with Gasteiger partial charge in [-0.3, -0.25) is 29.3 Å². The number of anilines is 2. The number of amides is 3. The standard InChI is InChI=1S/C32H30N8O8/c1-15-25(31(45)48-5)26-27(33-15)23(41)9-24-32(26)10-16(32)11-39(24)30(44)22-7-18(13-37(22)3)35-28(42)20-6-17(12-36(20)2)34-29(43)21-8-19(40(46)47)14-38(21)4/h6-9,12-14,16,33H,10-11H2,1-5H3,(H,34,43)(H,35,42)/t16-,32+/m1/s1. The van der Waals surface area contributed by atoms with E-state index in [4.69, 9.17) is 4.74 Å². The SMILES string of the molecule is COC(=O)c1c(C)[nH]c2c1[C@@]13C[C@@H]1CN(C(=O)c1cc(NC(=O)c4cc(NC(=O)c5cc([N+](=O)[O-])cn5C)cn4C)cn1C)C3=CC2=O. The van der Waals surface area contributed by atoms with E-state index in [0.717, 1.165) is 6.07 Å². The molecule has 0 aromatic carbocycles. The van der Waals surface area contributed by atoms with Gasteiger partial charge in [0.05, 0.1) is 40.9 Å². The minimum Gasteiger partial charge on any atom is -0.465 e. The molecule has 0 unspecified atom stereocenters. The summed E-state index contributed by atoms with van der Waals surface area (Å²) in [5.41, 5.74) is 2.70. The Morgan fingerprint density at radius 1 is 0.958 bits per heavy atom. The first kappa shape index (κ1) is 30.5. The number of nitro groups is 1. The first-order chi connectivity index (χ1) is 22.7. The summed E-state index contributed by atoms with van der Waals surface area (Å²) in [5.74, 6) is -2.29. The van der Waals surface area contributed by atoms with Crippen molar-refractivity contribution in [3.05, 3.63) is 98.3 Å². The number of esters is 1. The molecule has 2 atom stereocenters. The van der Waals surface area contributed by atoms with Gasteiger partial charge in [0.15, 0.2) is 0 Å². The first-order valence-corrected chi connectivity index (χ1v) is 14.9. The lowest BCUT2D eigenvalue weighted by Crippen LogP contribution is -2.35. The number of rotatable bonds is 7. The van der Waals surface area contributed by atoms with Crippen LogP contribution in [0.3, 0.4) is 0 Å². The quantitative estimate of drug-likeness (QED) is 0.154. The molecule has 0 bridgehead atoms. The number of aryl methyl sites for hydroxylation is 4. The summed E-state index contributed by atoms with van der Waals surface area (Å²) in [6.45, 7) is 2.08. The van der Waals surface area contributed by atoms with E-state index < -0.39 is 28.1 Å². The van der Waals surface area contributed by atoms with Crippen LogP contribution in [0, 0.1) is 23.0 Å². The third-order valence-corrected chi connectivity index (χ3v) is 9.45. The van der Waals surface area contributed by atoms with E-state index in [1.54, 1.807) is 42.7 Å². The largest absolute Gasteiger partial charge is 0.465 e. The maximum atomic E-state index is 14.0. The number of nitrogens with one attached hydrogen (secondary N) is 3. The Morgan fingerprint density at radius 2 is 1.54 bits per heavy atom. The van der Waals surface area contributed by atoms with Crippen molar-refractivity contribution in [1.82, 2.24) is 23.6 Å². The third kappa shape index (κ3) is 4.39. The van der Waals surface area contributed by atoms with Crippen LogP contribution in [0.1, 0.15) is 70.0 Å². The van der Waals surface area contributed by atoms with Crippen LogP contribution in [0.2, 0.25) is 0 Å². The minimum atomic E-state index is -0.635. The fourth-order valence-corrected chi connectivity index (χ4v) is 7.17. The second-order valence-electron chi connectivity index (χ2n) is 12.4.